The lowest BCUT2D eigenvalue weighted by molar-refractivity contribution is 0.427. The van der Waals surface area contributed by atoms with Crippen molar-refractivity contribution in [2.45, 2.75) is 62.6 Å². The molecule has 0 aliphatic heterocycles. The minimum absolute atomic E-state index is 0.0577. The van der Waals surface area contributed by atoms with Crippen molar-refractivity contribution >= 4 is 21.4 Å². The second kappa shape index (κ2) is 6.75. The quantitative estimate of drug-likeness (QED) is 0.842. The van der Waals surface area contributed by atoms with Gasteiger partial charge in [0.15, 0.2) is 5.76 Å². The topological polar surface area (TPSA) is 72.2 Å². The average Bonchev–Trinajstić information content (AvgIpc) is 3.02. The molecule has 3 rings (SSSR count). The molecule has 2 aromatic rings. The van der Waals surface area contributed by atoms with Crippen molar-refractivity contribution in [1.29, 1.82) is 0 Å². The number of aromatic nitrogens is 1. The Morgan fingerprint density at radius 3 is 2.48 bits per heavy atom. The Morgan fingerprint density at radius 2 is 1.87 bits per heavy atom. The molecular weight excluding hydrogens is 332 g/mol. The molecule has 23 heavy (non-hydrogen) atoms. The predicted molar refractivity (Wildman–Crippen MR) is 91.1 cm³/mol. The van der Waals surface area contributed by atoms with Crippen LogP contribution in [0, 0.1) is 13.8 Å². The summed E-state index contributed by atoms with van der Waals surface area (Å²) >= 11 is 1.23. The van der Waals surface area contributed by atoms with Gasteiger partial charge in [-0.3, -0.25) is 0 Å². The van der Waals surface area contributed by atoms with Gasteiger partial charge in [-0.15, -0.1) is 11.3 Å². The van der Waals surface area contributed by atoms with E-state index in [0.29, 0.717) is 9.97 Å². The van der Waals surface area contributed by atoms with Crippen molar-refractivity contribution in [3.05, 3.63) is 23.4 Å². The number of aryl methyl sites for hydroxylation is 1. The number of nitrogens with one attached hydrogen (secondary N) is 1. The van der Waals surface area contributed by atoms with Gasteiger partial charge in [-0.05, 0) is 38.8 Å². The van der Waals surface area contributed by atoms with Crippen LogP contribution < -0.4 is 4.72 Å². The number of nitrogens with zero attached hydrogens (tertiary/aromatic N) is 1. The SMILES string of the molecule is Cc1noc(-c2ccc(S(=O)(=O)NC3CCCCCC3)s2)c1C. The van der Waals surface area contributed by atoms with Crippen LogP contribution in [0.2, 0.25) is 0 Å². The van der Waals surface area contributed by atoms with E-state index in [1.807, 2.05) is 13.8 Å². The summed E-state index contributed by atoms with van der Waals surface area (Å²) < 4.78 is 33.7. The maximum Gasteiger partial charge on any atom is 0.250 e. The van der Waals surface area contributed by atoms with Crippen LogP contribution in [-0.4, -0.2) is 19.6 Å². The van der Waals surface area contributed by atoms with Crippen LogP contribution in [0.3, 0.4) is 0 Å². The summed E-state index contributed by atoms with van der Waals surface area (Å²) in [6, 6.07) is 3.50. The third-order valence-electron chi connectivity index (χ3n) is 4.40. The molecule has 1 aliphatic rings. The molecule has 0 saturated heterocycles. The zero-order valence-corrected chi connectivity index (χ0v) is 15.1. The lowest BCUT2D eigenvalue weighted by atomic mass is 10.1. The zero-order chi connectivity index (χ0) is 16.4. The molecule has 1 saturated carbocycles. The molecule has 1 aliphatic carbocycles. The Balaban J connectivity index is 1.79. The molecule has 7 heteroatoms. The van der Waals surface area contributed by atoms with Gasteiger partial charge in [-0.2, -0.15) is 0 Å². The largest absolute Gasteiger partial charge is 0.355 e. The number of hydrogen-bond acceptors (Lipinski definition) is 5. The summed E-state index contributed by atoms with van der Waals surface area (Å²) in [4.78, 5) is 0.796. The first-order chi connectivity index (χ1) is 11.0. The molecule has 0 radical (unpaired) electrons. The lowest BCUT2D eigenvalue weighted by Crippen LogP contribution is -2.33. The van der Waals surface area contributed by atoms with E-state index in [1.165, 1.54) is 24.2 Å². The van der Waals surface area contributed by atoms with E-state index in [2.05, 4.69) is 9.88 Å². The van der Waals surface area contributed by atoms with Crippen LogP contribution >= 0.6 is 11.3 Å². The summed E-state index contributed by atoms with van der Waals surface area (Å²) in [5, 5.41) is 3.93. The molecule has 0 aromatic carbocycles. The smallest absolute Gasteiger partial charge is 0.250 e. The van der Waals surface area contributed by atoms with Crippen molar-refractivity contribution in [3.63, 3.8) is 0 Å². The second-order valence-corrected chi connectivity index (χ2v) is 9.18. The van der Waals surface area contributed by atoms with E-state index < -0.39 is 10.0 Å². The summed E-state index contributed by atoms with van der Waals surface area (Å²) in [6.45, 7) is 3.81. The van der Waals surface area contributed by atoms with E-state index in [9.17, 15) is 8.42 Å². The minimum atomic E-state index is -3.46. The fourth-order valence-electron chi connectivity index (χ4n) is 2.91. The summed E-state index contributed by atoms with van der Waals surface area (Å²) in [7, 11) is -3.46. The summed E-state index contributed by atoms with van der Waals surface area (Å²) in [5.41, 5.74) is 1.78. The summed E-state index contributed by atoms with van der Waals surface area (Å²) in [6.07, 6.45) is 6.45. The van der Waals surface area contributed by atoms with E-state index in [-0.39, 0.29) is 6.04 Å². The highest BCUT2D eigenvalue weighted by Gasteiger charge is 2.24. The predicted octanol–water partition coefficient (Wildman–Crippen LogP) is 4.02. The second-order valence-electron chi connectivity index (χ2n) is 6.15. The highest BCUT2D eigenvalue weighted by Crippen LogP contribution is 2.34. The van der Waals surface area contributed by atoms with Crippen molar-refractivity contribution < 1.29 is 12.9 Å². The third-order valence-corrected chi connectivity index (χ3v) is 7.50. The molecule has 0 atom stereocenters. The first kappa shape index (κ1) is 16.7. The number of hydrogen-bond donors (Lipinski definition) is 1. The van der Waals surface area contributed by atoms with E-state index >= 15 is 0 Å². The van der Waals surface area contributed by atoms with Crippen molar-refractivity contribution in [2.75, 3.05) is 0 Å². The van der Waals surface area contributed by atoms with Crippen LogP contribution in [0.25, 0.3) is 10.6 Å². The highest BCUT2D eigenvalue weighted by atomic mass is 32.2. The average molecular weight is 354 g/mol. The zero-order valence-electron chi connectivity index (χ0n) is 13.5. The molecule has 2 heterocycles. The van der Waals surface area contributed by atoms with Gasteiger partial charge in [-0.25, -0.2) is 13.1 Å². The van der Waals surface area contributed by atoms with Crippen LogP contribution in [-0.2, 0) is 10.0 Å². The number of rotatable bonds is 4. The Labute approximate surface area is 141 Å². The van der Waals surface area contributed by atoms with Gasteiger partial charge in [0, 0.05) is 11.6 Å². The van der Waals surface area contributed by atoms with Crippen LogP contribution in [0.15, 0.2) is 20.9 Å². The van der Waals surface area contributed by atoms with E-state index in [1.54, 1.807) is 12.1 Å². The standard InChI is InChI=1S/C16H22N2O3S2/c1-11-12(2)17-21-16(11)14-9-10-15(22-14)23(19,20)18-13-7-5-3-4-6-8-13/h9-10,13,18H,3-8H2,1-2H3. The molecule has 0 amide bonds. The molecular formula is C16H22N2O3S2. The third kappa shape index (κ3) is 3.67. The molecule has 2 aromatic heterocycles. The number of sulfonamides is 1. The lowest BCUT2D eigenvalue weighted by Gasteiger charge is -2.15. The normalized spacial score (nSPS) is 17.3. The maximum atomic E-state index is 12.6. The van der Waals surface area contributed by atoms with Gasteiger partial charge in [0.25, 0.3) is 0 Å². The van der Waals surface area contributed by atoms with Gasteiger partial charge < -0.3 is 4.52 Å². The van der Waals surface area contributed by atoms with Crippen molar-refractivity contribution in [3.8, 4) is 10.6 Å². The van der Waals surface area contributed by atoms with Gasteiger partial charge in [0.2, 0.25) is 10.0 Å². The molecule has 1 fully saturated rings. The van der Waals surface area contributed by atoms with Gasteiger partial charge in [0.1, 0.15) is 4.21 Å². The fourth-order valence-corrected chi connectivity index (χ4v) is 5.57. The monoisotopic (exact) mass is 354 g/mol. The van der Waals surface area contributed by atoms with Crippen LogP contribution in [0.4, 0.5) is 0 Å². The molecule has 126 valence electrons. The number of thiophene rings is 1. The van der Waals surface area contributed by atoms with Gasteiger partial charge in [-0.1, -0.05) is 30.8 Å². The molecule has 1 N–H and O–H groups in total. The first-order valence-corrected chi connectivity index (χ1v) is 10.3. The Hall–Kier alpha value is -1.18. The van der Waals surface area contributed by atoms with Crippen molar-refractivity contribution in [1.82, 2.24) is 9.88 Å². The highest BCUT2D eigenvalue weighted by molar-refractivity contribution is 7.91. The van der Waals surface area contributed by atoms with E-state index in [0.717, 1.165) is 41.8 Å². The summed E-state index contributed by atoms with van der Waals surface area (Å²) in [5.74, 6) is 0.656. The fraction of sp³-hybridized carbons (Fsp3) is 0.562. The van der Waals surface area contributed by atoms with Gasteiger partial charge in [0.05, 0.1) is 10.6 Å². The minimum Gasteiger partial charge on any atom is -0.355 e. The van der Waals surface area contributed by atoms with Crippen LogP contribution in [0.1, 0.15) is 49.8 Å². The molecule has 0 spiro atoms. The molecule has 0 bridgehead atoms. The Kier molecular flexibility index (Phi) is 4.89. The molecule has 0 unspecified atom stereocenters. The Morgan fingerprint density at radius 1 is 1.17 bits per heavy atom. The maximum absolute atomic E-state index is 12.6. The molecule has 5 nitrogen and oxygen atoms in total. The van der Waals surface area contributed by atoms with Gasteiger partial charge >= 0.3 is 0 Å². The first-order valence-electron chi connectivity index (χ1n) is 8.03. The Bertz CT molecular complexity index is 769. The van der Waals surface area contributed by atoms with E-state index in [4.69, 9.17) is 4.52 Å². The van der Waals surface area contributed by atoms with Crippen LogP contribution in [0.5, 0.6) is 0 Å². The van der Waals surface area contributed by atoms with Crippen molar-refractivity contribution in [2.24, 2.45) is 0 Å².